The second kappa shape index (κ2) is 19.6. The van der Waals surface area contributed by atoms with Crippen LogP contribution >= 0.6 is 0 Å². The van der Waals surface area contributed by atoms with Crippen molar-refractivity contribution in [2.75, 3.05) is 0 Å². The number of rotatable bonds is 12. The fraction of sp³-hybridized carbons (Fsp3) is 0.280. The molecular formula is C50H58N2O2S2. The molecule has 0 aliphatic heterocycles. The molecule has 0 amide bonds. The lowest BCUT2D eigenvalue weighted by atomic mass is 9.88. The first-order valence-corrected chi connectivity index (χ1v) is 21.8. The van der Waals surface area contributed by atoms with E-state index in [1.807, 2.05) is 90.1 Å². The summed E-state index contributed by atoms with van der Waals surface area (Å²) in [7, 11) is -2.29. The van der Waals surface area contributed by atoms with Crippen LogP contribution in [0.15, 0.2) is 170 Å². The van der Waals surface area contributed by atoms with Gasteiger partial charge in [-0.3, -0.25) is 0 Å². The molecule has 0 aromatic heterocycles. The minimum Gasteiger partial charge on any atom is -0.242 e. The van der Waals surface area contributed by atoms with Gasteiger partial charge in [0.25, 0.3) is 0 Å². The summed E-state index contributed by atoms with van der Waals surface area (Å²) >= 11 is 0. The Labute approximate surface area is 341 Å². The molecule has 0 aliphatic rings. The second-order valence-corrected chi connectivity index (χ2v) is 20.3. The molecule has 6 heteroatoms. The Hall–Kier alpha value is -4.46. The summed E-state index contributed by atoms with van der Waals surface area (Å²) in [5.74, 6) is 0.358. The van der Waals surface area contributed by atoms with Crippen molar-refractivity contribution in [1.29, 1.82) is 0 Å². The normalized spacial score (nSPS) is 15.0. The van der Waals surface area contributed by atoms with Crippen molar-refractivity contribution in [1.82, 2.24) is 9.44 Å². The molecule has 0 saturated carbocycles. The van der Waals surface area contributed by atoms with E-state index < -0.39 is 22.0 Å². The lowest BCUT2D eigenvalue weighted by molar-refractivity contribution is 0.537. The zero-order valence-corrected chi connectivity index (χ0v) is 35.7. The smallest absolute Gasteiger partial charge is 0.0976 e. The Morgan fingerprint density at radius 3 is 0.875 bits per heavy atom. The van der Waals surface area contributed by atoms with Gasteiger partial charge >= 0.3 is 0 Å². The minimum absolute atomic E-state index is 0.0242. The third kappa shape index (κ3) is 11.8. The summed E-state index contributed by atoms with van der Waals surface area (Å²) in [5.41, 5.74) is 9.61. The molecule has 0 bridgehead atoms. The van der Waals surface area contributed by atoms with Gasteiger partial charge in [-0.2, -0.15) is 0 Å². The first-order chi connectivity index (χ1) is 26.7. The van der Waals surface area contributed by atoms with Gasteiger partial charge in [0.2, 0.25) is 0 Å². The van der Waals surface area contributed by atoms with Crippen LogP contribution in [0.25, 0.3) is 22.3 Å². The van der Waals surface area contributed by atoms with Crippen LogP contribution in [0.4, 0.5) is 0 Å². The fourth-order valence-electron chi connectivity index (χ4n) is 6.43. The van der Waals surface area contributed by atoms with Crippen molar-refractivity contribution in [3.05, 3.63) is 192 Å². The Balaban J connectivity index is 0.000000214. The van der Waals surface area contributed by atoms with Crippen molar-refractivity contribution in [3.8, 4) is 22.3 Å². The van der Waals surface area contributed by atoms with Gasteiger partial charge in [0, 0.05) is 11.8 Å². The van der Waals surface area contributed by atoms with Gasteiger partial charge in [0.05, 0.1) is 43.5 Å². The van der Waals surface area contributed by atoms with E-state index >= 15 is 0 Å². The highest BCUT2D eigenvalue weighted by molar-refractivity contribution is 7.84. The van der Waals surface area contributed by atoms with Crippen LogP contribution < -0.4 is 9.44 Å². The maximum atomic E-state index is 12.8. The molecule has 6 aromatic carbocycles. The number of benzene rings is 6. The Morgan fingerprint density at radius 1 is 0.357 bits per heavy atom. The molecule has 0 aliphatic carbocycles. The van der Waals surface area contributed by atoms with E-state index in [0.717, 1.165) is 11.1 Å². The van der Waals surface area contributed by atoms with E-state index in [1.165, 1.54) is 33.4 Å². The maximum Gasteiger partial charge on any atom is 0.0976 e. The van der Waals surface area contributed by atoms with Crippen LogP contribution in [0.3, 0.4) is 0 Å². The topological polar surface area (TPSA) is 58.2 Å². The first-order valence-electron chi connectivity index (χ1n) is 19.5. The minimum atomic E-state index is -1.15. The Kier molecular flexibility index (Phi) is 14.9. The van der Waals surface area contributed by atoms with Crippen molar-refractivity contribution in [2.24, 2.45) is 0 Å². The van der Waals surface area contributed by atoms with Crippen LogP contribution in [0, 0.1) is 0 Å². The Morgan fingerprint density at radius 2 is 0.607 bits per heavy atom. The molecule has 6 atom stereocenters. The molecule has 292 valence electrons. The highest BCUT2D eigenvalue weighted by Crippen LogP contribution is 2.35. The van der Waals surface area contributed by atoms with Crippen LogP contribution in [0.5, 0.6) is 0 Å². The molecule has 0 spiro atoms. The molecule has 4 nitrogen and oxygen atoms in total. The van der Waals surface area contributed by atoms with Gasteiger partial charge in [-0.25, -0.2) is 17.9 Å². The third-order valence-electron chi connectivity index (χ3n) is 9.98. The van der Waals surface area contributed by atoms with E-state index in [0.29, 0.717) is 0 Å². The fourth-order valence-corrected chi connectivity index (χ4v) is 8.28. The molecule has 2 N–H and O–H groups in total. The van der Waals surface area contributed by atoms with Gasteiger partial charge in [-0.15, -0.1) is 0 Å². The van der Waals surface area contributed by atoms with E-state index in [-0.39, 0.29) is 33.4 Å². The quantitative estimate of drug-likeness (QED) is 0.130. The standard InChI is InChI=1S/2C25H29NOS/c2*1-19(20-15-17-22(18-16-20)21-11-7-5-8-12-21)24(23-13-9-6-10-14-23)26-28(27)25(2,3)4/h2*5-19,24,26H,1-4H3/t2*19-,24-,28+/m11/s1. The summed E-state index contributed by atoms with van der Waals surface area (Å²) in [6.07, 6.45) is 0. The first kappa shape index (κ1) is 42.7. The van der Waals surface area contributed by atoms with Gasteiger partial charge in [0.15, 0.2) is 0 Å². The molecule has 0 saturated heterocycles. The average molecular weight is 783 g/mol. The molecule has 0 radical (unpaired) electrons. The molecule has 0 unspecified atom stereocenters. The maximum absolute atomic E-state index is 12.8. The lowest BCUT2D eigenvalue weighted by Gasteiger charge is -2.29. The summed E-state index contributed by atoms with van der Waals surface area (Å²) < 4.78 is 31.8. The van der Waals surface area contributed by atoms with Crippen LogP contribution in [0.1, 0.15) is 102 Å². The zero-order valence-electron chi connectivity index (χ0n) is 34.1. The summed E-state index contributed by atoms with van der Waals surface area (Å²) in [5, 5.41) is 0. The van der Waals surface area contributed by atoms with Crippen molar-refractivity contribution in [2.45, 2.75) is 88.8 Å². The SMILES string of the molecule is C[C@H](c1ccc(-c2ccccc2)cc1)[C@@H](N[S@@](=O)C(C)(C)C)c1ccccc1.C[C@H](c1ccc(-c2ccccc2)cc1)[C@@H](N[S@@](=O)C(C)(C)C)c1ccccc1. The summed E-state index contributed by atoms with van der Waals surface area (Å²) in [6.45, 7) is 16.4. The van der Waals surface area contributed by atoms with Gasteiger partial charge in [-0.1, -0.05) is 184 Å². The second-order valence-electron chi connectivity index (χ2n) is 16.3. The number of hydrogen-bond donors (Lipinski definition) is 2. The van der Waals surface area contributed by atoms with Crippen LogP contribution in [-0.2, 0) is 22.0 Å². The van der Waals surface area contributed by atoms with Crippen LogP contribution in [-0.4, -0.2) is 17.9 Å². The van der Waals surface area contributed by atoms with Gasteiger partial charge < -0.3 is 0 Å². The van der Waals surface area contributed by atoms with Crippen molar-refractivity contribution in [3.63, 3.8) is 0 Å². The molecule has 6 rings (SSSR count). The molecule has 0 heterocycles. The largest absolute Gasteiger partial charge is 0.242 e. The Bertz CT molecular complexity index is 1950. The van der Waals surface area contributed by atoms with Crippen LogP contribution in [0.2, 0.25) is 0 Å². The number of nitrogens with one attached hydrogen (secondary N) is 2. The molecule has 56 heavy (non-hydrogen) atoms. The van der Waals surface area contributed by atoms with E-state index in [4.69, 9.17) is 0 Å². The van der Waals surface area contributed by atoms with E-state index in [1.54, 1.807) is 0 Å². The average Bonchev–Trinajstić information content (AvgIpc) is 3.22. The van der Waals surface area contributed by atoms with Gasteiger partial charge in [-0.05, 0) is 86.1 Å². The zero-order chi connectivity index (χ0) is 40.3. The summed E-state index contributed by atoms with van der Waals surface area (Å²) in [4.78, 5) is 0. The monoisotopic (exact) mass is 782 g/mol. The third-order valence-corrected chi connectivity index (χ3v) is 13.1. The van der Waals surface area contributed by atoms with E-state index in [2.05, 4.69) is 145 Å². The predicted molar refractivity (Wildman–Crippen MR) is 241 cm³/mol. The highest BCUT2D eigenvalue weighted by Gasteiger charge is 2.29. The molecule has 0 fully saturated rings. The predicted octanol–water partition coefficient (Wildman–Crippen LogP) is 12.5. The summed E-state index contributed by atoms with van der Waals surface area (Å²) in [6, 6.07) is 58.8. The highest BCUT2D eigenvalue weighted by atomic mass is 32.2. The molecule has 6 aromatic rings. The number of hydrogen-bond acceptors (Lipinski definition) is 2. The van der Waals surface area contributed by atoms with Crippen molar-refractivity contribution < 1.29 is 8.42 Å². The molecular weight excluding hydrogens is 725 g/mol. The van der Waals surface area contributed by atoms with Crippen molar-refractivity contribution >= 4 is 22.0 Å². The lowest BCUT2D eigenvalue weighted by Crippen LogP contribution is -2.37. The van der Waals surface area contributed by atoms with Gasteiger partial charge in [0.1, 0.15) is 0 Å². The van der Waals surface area contributed by atoms with E-state index in [9.17, 15) is 8.42 Å².